The molecule has 0 unspecified atom stereocenters. The Hall–Kier alpha value is -3.95. The molecule has 0 heterocycles. The maximum atomic E-state index is 12.7. The van der Waals surface area contributed by atoms with Crippen molar-refractivity contribution < 1.29 is 19.0 Å². The smallest absolute Gasteiger partial charge is 0.266 e. The van der Waals surface area contributed by atoms with E-state index in [1.165, 1.54) is 25.3 Å². The molecule has 0 fully saturated rings. The van der Waals surface area contributed by atoms with E-state index in [-0.39, 0.29) is 12.2 Å². The van der Waals surface area contributed by atoms with Gasteiger partial charge in [0.15, 0.2) is 0 Å². The number of unbranched alkanes of at least 4 members (excludes halogenated alkanes) is 3. The molecule has 1 N–H and O–H groups in total. The number of nitriles is 1. The van der Waals surface area contributed by atoms with Crippen molar-refractivity contribution in [3.05, 3.63) is 88.5 Å². The van der Waals surface area contributed by atoms with Gasteiger partial charge in [0.1, 0.15) is 42.1 Å². The Bertz CT molecular complexity index is 1250. The summed E-state index contributed by atoms with van der Waals surface area (Å²) in [6.07, 6.45) is 6.14. The van der Waals surface area contributed by atoms with Gasteiger partial charge in [0.05, 0.1) is 6.61 Å². The van der Waals surface area contributed by atoms with E-state index in [0.29, 0.717) is 41.0 Å². The lowest BCUT2D eigenvalue weighted by Crippen LogP contribution is -2.13. The Morgan fingerprint density at radius 2 is 1.55 bits per heavy atom. The van der Waals surface area contributed by atoms with Crippen LogP contribution in [0.3, 0.4) is 0 Å². The Labute approximate surface area is 229 Å². The van der Waals surface area contributed by atoms with Crippen LogP contribution in [0.2, 0.25) is 5.02 Å². The molecule has 1 amide bonds. The lowest BCUT2D eigenvalue weighted by atomic mass is 10.1. The van der Waals surface area contributed by atoms with Gasteiger partial charge < -0.3 is 19.5 Å². The highest BCUT2D eigenvalue weighted by Crippen LogP contribution is 2.26. The third kappa shape index (κ3) is 9.49. The molecule has 0 spiro atoms. The Morgan fingerprint density at radius 1 is 0.895 bits per heavy atom. The van der Waals surface area contributed by atoms with E-state index in [9.17, 15) is 10.1 Å². The number of aryl methyl sites for hydroxylation is 1. The largest absolute Gasteiger partial charge is 0.494 e. The van der Waals surface area contributed by atoms with Gasteiger partial charge in [-0.1, -0.05) is 55.5 Å². The molecule has 0 aliphatic heterocycles. The second-order valence-corrected chi connectivity index (χ2v) is 9.19. The molecule has 0 aliphatic carbocycles. The van der Waals surface area contributed by atoms with E-state index in [1.54, 1.807) is 30.3 Å². The minimum atomic E-state index is -0.515. The number of rotatable bonds is 14. The number of amides is 1. The fourth-order valence-electron chi connectivity index (χ4n) is 3.57. The van der Waals surface area contributed by atoms with Crippen LogP contribution in [0.4, 0.5) is 5.69 Å². The van der Waals surface area contributed by atoms with E-state index in [0.717, 1.165) is 17.7 Å². The van der Waals surface area contributed by atoms with Crippen LogP contribution in [-0.4, -0.2) is 25.7 Å². The summed E-state index contributed by atoms with van der Waals surface area (Å²) in [7, 11) is 0. The van der Waals surface area contributed by atoms with Crippen molar-refractivity contribution in [3.63, 3.8) is 0 Å². The molecule has 0 aliphatic rings. The van der Waals surface area contributed by atoms with Crippen molar-refractivity contribution >= 4 is 29.3 Å². The fourth-order valence-corrected chi connectivity index (χ4v) is 3.75. The van der Waals surface area contributed by atoms with Gasteiger partial charge in [0.2, 0.25) is 0 Å². The zero-order valence-electron chi connectivity index (χ0n) is 21.8. The quantitative estimate of drug-likeness (QED) is 0.131. The third-order valence-electron chi connectivity index (χ3n) is 5.65. The van der Waals surface area contributed by atoms with Gasteiger partial charge in [0, 0.05) is 16.3 Å². The van der Waals surface area contributed by atoms with Crippen molar-refractivity contribution in [1.82, 2.24) is 0 Å². The summed E-state index contributed by atoms with van der Waals surface area (Å²) in [5.74, 6) is 1.50. The van der Waals surface area contributed by atoms with E-state index in [4.69, 9.17) is 25.8 Å². The first-order chi connectivity index (χ1) is 18.5. The Kier molecular flexibility index (Phi) is 11.5. The molecular weight excluding hydrogens is 500 g/mol. The van der Waals surface area contributed by atoms with Gasteiger partial charge in [-0.25, -0.2) is 0 Å². The monoisotopic (exact) mass is 532 g/mol. The summed E-state index contributed by atoms with van der Waals surface area (Å²) < 4.78 is 17.4. The first-order valence-corrected chi connectivity index (χ1v) is 13.1. The molecule has 0 saturated heterocycles. The highest BCUT2D eigenvalue weighted by molar-refractivity contribution is 6.30. The van der Waals surface area contributed by atoms with E-state index < -0.39 is 5.91 Å². The highest BCUT2D eigenvalue weighted by Gasteiger charge is 2.12. The summed E-state index contributed by atoms with van der Waals surface area (Å²) in [6.45, 7) is 5.43. The zero-order chi connectivity index (χ0) is 27.2. The lowest BCUT2D eigenvalue weighted by Gasteiger charge is -2.12. The molecule has 7 heteroatoms. The lowest BCUT2D eigenvalue weighted by molar-refractivity contribution is -0.112. The maximum Gasteiger partial charge on any atom is 0.266 e. The molecule has 3 aromatic carbocycles. The standard InChI is InChI=1S/C31H33ClN2O4/c1-3-4-5-6-17-36-28-12-14-29(15-13-28)37-18-19-38-30-16-9-26(32)21-24(30)20-25(22-33)31(35)34-27-10-7-23(2)8-11-27/h7-16,20-21H,3-6,17-19H2,1-2H3,(H,34,35)/b25-20+. The van der Waals surface area contributed by atoms with Gasteiger partial charge in [-0.2, -0.15) is 5.26 Å². The number of ether oxygens (including phenoxy) is 3. The normalized spacial score (nSPS) is 10.9. The van der Waals surface area contributed by atoms with Crippen LogP contribution >= 0.6 is 11.6 Å². The molecule has 198 valence electrons. The van der Waals surface area contributed by atoms with Gasteiger partial charge in [-0.3, -0.25) is 4.79 Å². The van der Waals surface area contributed by atoms with Gasteiger partial charge in [0.25, 0.3) is 5.91 Å². The molecule has 0 aromatic heterocycles. The van der Waals surface area contributed by atoms with Crippen LogP contribution in [-0.2, 0) is 4.79 Å². The van der Waals surface area contributed by atoms with Crippen LogP contribution in [0.1, 0.15) is 43.7 Å². The summed E-state index contributed by atoms with van der Waals surface area (Å²) in [6, 6.07) is 21.8. The van der Waals surface area contributed by atoms with Gasteiger partial charge in [-0.05, 0) is 74.0 Å². The molecule has 0 atom stereocenters. The van der Waals surface area contributed by atoms with Crippen molar-refractivity contribution in [2.75, 3.05) is 25.1 Å². The van der Waals surface area contributed by atoms with Crippen LogP contribution in [0.15, 0.2) is 72.3 Å². The van der Waals surface area contributed by atoms with Crippen LogP contribution in [0, 0.1) is 18.3 Å². The number of hydrogen-bond acceptors (Lipinski definition) is 5. The fraction of sp³-hybridized carbons (Fsp3) is 0.290. The van der Waals surface area contributed by atoms with Gasteiger partial charge >= 0.3 is 0 Å². The number of anilines is 1. The number of nitrogens with one attached hydrogen (secondary N) is 1. The SMILES string of the molecule is CCCCCCOc1ccc(OCCOc2ccc(Cl)cc2/C=C(\C#N)C(=O)Nc2ccc(C)cc2)cc1. The molecular formula is C31H33ClN2O4. The number of hydrogen-bond donors (Lipinski definition) is 1. The average Bonchev–Trinajstić information content (AvgIpc) is 2.92. The van der Waals surface area contributed by atoms with E-state index in [1.807, 2.05) is 49.4 Å². The molecule has 3 aromatic rings. The molecule has 0 saturated carbocycles. The van der Waals surface area contributed by atoms with Crippen LogP contribution in [0.25, 0.3) is 6.08 Å². The van der Waals surface area contributed by atoms with Crippen LogP contribution in [0.5, 0.6) is 17.2 Å². The Morgan fingerprint density at radius 3 is 2.21 bits per heavy atom. The van der Waals surface area contributed by atoms with Crippen LogP contribution < -0.4 is 19.5 Å². The topological polar surface area (TPSA) is 80.6 Å². The summed E-state index contributed by atoms with van der Waals surface area (Å²) >= 11 is 6.17. The van der Waals surface area contributed by atoms with E-state index >= 15 is 0 Å². The first kappa shape index (κ1) is 28.6. The summed E-state index contributed by atoms with van der Waals surface area (Å²) in [5.41, 5.74) is 2.13. The minimum Gasteiger partial charge on any atom is -0.494 e. The molecule has 0 bridgehead atoms. The van der Waals surface area contributed by atoms with Crippen molar-refractivity contribution in [1.29, 1.82) is 5.26 Å². The van der Waals surface area contributed by atoms with Crippen molar-refractivity contribution in [3.8, 4) is 23.3 Å². The second kappa shape index (κ2) is 15.3. The molecule has 3 rings (SSSR count). The number of halogens is 1. The minimum absolute atomic E-state index is 0.0680. The number of nitrogens with zero attached hydrogens (tertiary/aromatic N) is 1. The average molecular weight is 533 g/mol. The van der Waals surface area contributed by atoms with Gasteiger partial charge in [-0.15, -0.1) is 0 Å². The van der Waals surface area contributed by atoms with Crippen molar-refractivity contribution in [2.45, 2.75) is 39.5 Å². The molecule has 6 nitrogen and oxygen atoms in total. The van der Waals surface area contributed by atoms with E-state index in [2.05, 4.69) is 12.2 Å². The second-order valence-electron chi connectivity index (χ2n) is 8.75. The number of carbonyl (C=O) groups excluding carboxylic acids is 1. The maximum absolute atomic E-state index is 12.7. The third-order valence-corrected chi connectivity index (χ3v) is 5.88. The highest BCUT2D eigenvalue weighted by atomic mass is 35.5. The zero-order valence-corrected chi connectivity index (χ0v) is 22.6. The molecule has 38 heavy (non-hydrogen) atoms. The molecule has 0 radical (unpaired) electrons. The summed E-state index contributed by atoms with van der Waals surface area (Å²) in [4.78, 5) is 12.7. The predicted octanol–water partition coefficient (Wildman–Crippen LogP) is 7.61. The number of carbonyl (C=O) groups is 1. The summed E-state index contributed by atoms with van der Waals surface area (Å²) in [5, 5.41) is 12.8. The Balaban J connectivity index is 1.54. The predicted molar refractivity (Wildman–Crippen MR) is 152 cm³/mol. The van der Waals surface area contributed by atoms with Crippen molar-refractivity contribution in [2.24, 2.45) is 0 Å². The first-order valence-electron chi connectivity index (χ1n) is 12.8. The number of benzene rings is 3.